The van der Waals surface area contributed by atoms with Gasteiger partial charge >= 0.3 is 0 Å². The van der Waals surface area contributed by atoms with Gasteiger partial charge in [0.1, 0.15) is 11.9 Å². The lowest BCUT2D eigenvalue weighted by Crippen LogP contribution is -2.49. The minimum absolute atomic E-state index is 0.0673. The van der Waals surface area contributed by atoms with Gasteiger partial charge in [-0.25, -0.2) is 12.8 Å². The molecule has 1 N–H and O–H groups in total. The van der Waals surface area contributed by atoms with Gasteiger partial charge in [-0.15, -0.1) is 0 Å². The van der Waals surface area contributed by atoms with Crippen molar-refractivity contribution < 1.29 is 22.4 Å². The van der Waals surface area contributed by atoms with E-state index in [1.165, 1.54) is 21.3 Å². The molecule has 0 aliphatic carbocycles. The summed E-state index contributed by atoms with van der Waals surface area (Å²) in [7, 11) is -3.54. The third-order valence-electron chi connectivity index (χ3n) is 5.99. The molecule has 0 aliphatic heterocycles. The van der Waals surface area contributed by atoms with Crippen LogP contribution in [0, 0.1) is 5.82 Å². The molecule has 198 valence electrons. The molecule has 2 aromatic rings. The fourth-order valence-corrected chi connectivity index (χ4v) is 4.94. The van der Waals surface area contributed by atoms with Crippen molar-refractivity contribution in [2.75, 3.05) is 23.7 Å². The Morgan fingerprint density at radius 1 is 0.972 bits per heavy atom. The summed E-state index contributed by atoms with van der Waals surface area (Å²) in [6, 6.07) is 12.5. The minimum Gasteiger partial charge on any atom is -0.354 e. The molecule has 0 unspecified atom stereocenters. The maximum absolute atomic E-state index is 13.4. The van der Waals surface area contributed by atoms with Crippen molar-refractivity contribution in [3.05, 3.63) is 65.5 Å². The molecule has 2 aromatic carbocycles. The normalized spacial score (nSPS) is 12.1. The molecule has 0 heterocycles. The minimum atomic E-state index is -3.54. The highest BCUT2D eigenvalue weighted by atomic mass is 32.2. The fourth-order valence-electron chi connectivity index (χ4n) is 3.97. The molecule has 0 spiro atoms. The number of benzene rings is 2. The quantitative estimate of drug-likeness (QED) is 0.404. The van der Waals surface area contributed by atoms with Gasteiger partial charge in [0.25, 0.3) is 0 Å². The molecule has 0 aliphatic rings. The summed E-state index contributed by atoms with van der Waals surface area (Å²) < 4.78 is 39.6. The van der Waals surface area contributed by atoms with Crippen LogP contribution in [0.3, 0.4) is 0 Å². The van der Waals surface area contributed by atoms with Crippen molar-refractivity contribution in [1.82, 2.24) is 10.2 Å². The first-order valence-electron chi connectivity index (χ1n) is 12.5. The van der Waals surface area contributed by atoms with Crippen molar-refractivity contribution in [2.24, 2.45) is 0 Å². The molecule has 9 heteroatoms. The highest BCUT2D eigenvalue weighted by molar-refractivity contribution is 7.92. The van der Waals surface area contributed by atoms with Gasteiger partial charge in [0.2, 0.25) is 21.8 Å². The maximum Gasteiger partial charge on any atom is 0.242 e. The van der Waals surface area contributed by atoms with Crippen molar-refractivity contribution in [2.45, 2.75) is 65.5 Å². The molecule has 0 radical (unpaired) electrons. The molecule has 0 saturated heterocycles. The lowest BCUT2D eigenvalue weighted by molar-refractivity contribution is -0.141. The number of halogens is 1. The molecular formula is C27H38FN3O4S. The summed E-state index contributed by atoms with van der Waals surface area (Å²) in [6.45, 7) is 6.62. The van der Waals surface area contributed by atoms with Crippen LogP contribution in [-0.2, 0) is 32.6 Å². The van der Waals surface area contributed by atoms with Crippen molar-refractivity contribution in [1.29, 1.82) is 0 Å². The SMILES string of the molecule is CCCNC(=O)[C@@H](CC)N(Cc1ccc(F)cc1)C(=O)CCCN(c1ccc(CC)cc1)S(C)(=O)=O. The van der Waals surface area contributed by atoms with E-state index < -0.39 is 16.1 Å². The number of carbonyl (C=O) groups is 2. The fraction of sp³-hybridized carbons (Fsp3) is 0.481. The zero-order valence-corrected chi connectivity index (χ0v) is 22.5. The number of nitrogens with zero attached hydrogens (tertiary/aromatic N) is 2. The van der Waals surface area contributed by atoms with Crippen molar-refractivity contribution in [3.8, 4) is 0 Å². The van der Waals surface area contributed by atoms with Gasteiger partial charge in [0.15, 0.2) is 0 Å². The molecule has 2 rings (SSSR count). The Morgan fingerprint density at radius 3 is 2.11 bits per heavy atom. The largest absolute Gasteiger partial charge is 0.354 e. The summed E-state index contributed by atoms with van der Waals surface area (Å²) in [5, 5.41) is 2.86. The topological polar surface area (TPSA) is 86.8 Å². The predicted octanol–water partition coefficient (Wildman–Crippen LogP) is 4.27. The number of anilines is 1. The van der Waals surface area contributed by atoms with Crippen molar-refractivity contribution in [3.63, 3.8) is 0 Å². The van der Waals surface area contributed by atoms with Gasteiger partial charge < -0.3 is 10.2 Å². The van der Waals surface area contributed by atoms with E-state index >= 15 is 0 Å². The molecule has 7 nitrogen and oxygen atoms in total. The van der Waals surface area contributed by atoms with Crippen LogP contribution in [0.2, 0.25) is 0 Å². The van der Waals surface area contributed by atoms with E-state index in [0.717, 1.165) is 24.7 Å². The smallest absolute Gasteiger partial charge is 0.242 e. The maximum atomic E-state index is 13.4. The molecule has 0 fully saturated rings. The second kappa shape index (κ2) is 14.0. The Labute approximate surface area is 214 Å². The predicted molar refractivity (Wildman–Crippen MR) is 142 cm³/mol. The zero-order chi connectivity index (χ0) is 26.7. The van der Waals surface area contributed by atoms with Crippen LogP contribution in [0.1, 0.15) is 57.6 Å². The van der Waals surface area contributed by atoms with Gasteiger partial charge in [-0.05, 0) is 61.1 Å². The van der Waals surface area contributed by atoms with Crippen LogP contribution < -0.4 is 9.62 Å². The number of amides is 2. The third-order valence-corrected chi connectivity index (χ3v) is 7.18. The summed E-state index contributed by atoms with van der Waals surface area (Å²) in [5.41, 5.74) is 2.36. The average molecular weight is 520 g/mol. The molecule has 0 bridgehead atoms. The first-order valence-corrected chi connectivity index (χ1v) is 14.3. The lowest BCUT2D eigenvalue weighted by atomic mass is 10.1. The van der Waals surface area contributed by atoms with E-state index in [-0.39, 0.29) is 43.6 Å². The second-order valence-corrected chi connectivity index (χ2v) is 10.7. The standard InChI is InChI=1S/C27H38FN3O4S/c1-5-18-29-27(33)25(7-3)30(20-22-10-14-23(28)15-11-22)26(32)9-8-19-31(36(4,34)35)24-16-12-21(6-2)13-17-24/h10-17,25H,5-9,18-20H2,1-4H3,(H,29,33)/t25-/m1/s1. The zero-order valence-electron chi connectivity index (χ0n) is 21.7. The Kier molecular flexibility index (Phi) is 11.4. The number of rotatable bonds is 14. The van der Waals surface area contributed by atoms with Crippen LogP contribution in [0.4, 0.5) is 10.1 Å². The van der Waals surface area contributed by atoms with Gasteiger partial charge in [0.05, 0.1) is 11.9 Å². The molecular weight excluding hydrogens is 481 g/mol. The first-order chi connectivity index (χ1) is 17.1. The van der Waals surface area contributed by atoms with Crippen LogP contribution in [0.15, 0.2) is 48.5 Å². The van der Waals surface area contributed by atoms with Crippen LogP contribution in [-0.4, -0.2) is 50.5 Å². The Balaban J connectivity index is 2.18. The second-order valence-electron chi connectivity index (χ2n) is 8.82. The van der Waals surface area contributed by atoms with E-state index in [1.807, 2.05) is 32.9 Å². The van der Waals surface area contributed by atoms with E-state index in [9.17, 15) is 22.4 Å². The Bertz CT molecular complexity index is 1090. The molecule has 2 amide bonds. The number of sulfonamides is 1. The van der Waals surface area contributed by atoms with E-state index in [1.54, 1.807) is 24.3 Å². The molecule has 36 heavy (non-hydrogen) atoms. The number of carbonyl (C=O) groups excluding carboxylic acids is 2. The number of hydrogen-bond donors (Lipinski definition) is 1. The molecule has 1 atom stereocenters. The van der Waals surface area contributed by atoms with Gasteiger partial charge in [-0.1, -0.05) is 45.0 Å². The summed E-state index contributed by atoms with van der Waals surface area (Å²) in [4.78, 5) is 27.7. The first kappa shape index (κ1) is 29.3. The third kappa shape index (κ3) is 8.62. The summed E-state index contributed by atoms with van der Waals surface area (Å²) >= 11 is 0. The summed E-state index contributed by atoms with van der Waals surface area (Å²) in [6.07, 6.45) is 3.54. The highest BCUT2D eigenvalue weighted by Gasteiger charge is 2.28. The molecule has 0 aromatic heterocycles. The molecule has 0 saturated carbocycles. The Hall–Kier alpha value is -2.94. The van der Waals surface area contributed by atoms with E-state index in [2.05, 4.69) is 5.32 Å². The lowest BCUT2D eigenvalue weighted by Gasteiger charge is -2.31. The van der Waals surface area contributed by atoms with E-state index in [4.69, 9.17) is 0 Å². The van der Waals surface area contributed by atoms with E-state index in [0.29, 0.717) is 24.2 Å². The van der Waals surface area contributed by atoms with Gasteiger partial charge in [0, 0.05) is 26.1 Å². The number of nitrogens with one attached hydrogen (secondary N) is 1. The number of aryl methyl sites for hydroxylation is 1. The average Bonchev–Trinajstić information content (AvgIpc) is 2.85. The Morgan fingerprint density at radius 2 is 1.58 bits per heavy atom. The summed E-state index contributed by atoms with van der Waals surface area (Å²) in [5.74, 6) is -0.867. The van der Waals surface area contributed by atoms with Crippen LogP contribution >= 0.6 is 0 Å². The van der Waals surface area contributed by atoms with Crippen molar-refractivity contribution >= 4 is 27.5 Å². The van der Waals surface area contributed by atoms with Gasteiger partial charge in [-0.2, -0.15) is 0 Å². The highest BCUT2D eigenvalue weighted by Crippen LogP contribution is 2.20. The van der Waals surface area contributed by atoms with Gasteiger partial charge in [-0.3, -0.25) is 13.9 Å². The van der Waals surface area contributed by atoms with Crippen LogP contribution in [0.25, 0.3) is 0 Å². The number of hydrogen-bond acceptors (Lipinski definition) is 4. The monoisotopic (exact) mass is 519 g/mol. The van der Waals surface area contributed by atoms with Crippen LogP contribution in [0.5, 0.6) is 0 Å².